The fraction of sp³-hybridized carbons (Fsp3) is 0.333. The number of aromatic nitrogens is 2. The second-order valence-electron chi connectivity index (χ2n) is 5.17. The molecule has 0 unspecified atom stereocenters. The molecule has 0 saturated carbocycles. The van der Waals surface area contributed by atoms with Gasteiger partial charge in [-0.15, -0.1) is 0 Å². The van der Waals surface area contributed by atoms with Gasteiger partial charge in [0.05, 0.1) is 5.69 Å². The predicted octanol–water partition coefficient (Wildman–Crippen LogP) is 2.25. The van der Waals surface area contributed by atoms with E-state index in [4.69, 9.17) is 5.73 Å². The van der Waals surface area contributed by atoms with E-state index in [0.29, 0.717) is 18.0 Å². The van der Waals surface area contributed by atoms with Gasteiger partial charge in [0.2, 0.25) is 5.91 Å². The smallest absolute Gasteiger partial charge is 0.248 e. The average Bonchev–Trinajstić information content (AvgIpc) is 2.78. The summed E-state index contributed by atoms with van der Waals surface area (Å²) in [7, 11) is 1.92. The molecule has 0 aliphatic carbocycles. The van der Waals surface area contributed by atoms with Crippen molar-refractivity contribution in [2.75, 3.05) is 5.32 Å². The summed E-state index contributed by atoms with van der Waals surface area (Å²) in [6.07, 6.45) is 2.01. The van der Waals surface area contributed by atoms with E-state index in [-0.39, 0.29) is 0 Å². The SMILES string of the molecule is CC(C)c1nn(C)cc1CNc1cccc(C(N)=O)c1. The van der Waals surface area contributed by atoms with Gasteiger partial charge >= 0.3 is 0 Å². The van der Waals surface area contributed by atoms with Gasteiger partial charge in [0.15, 0.2) is 0 Å². The zero-order valence-corrected chi connectivity index (χ0v) is 12.1. The molecule has 106 valence electrons. The normalized spacial score (nSPS) is 10.8. The number of nitrogens with two attached hydrogens (primary N) is 1. The second-order valence-corrected chi connectivity index (χ2v) is 5.17. The Morgan fingerprint density at radius 1 is 1.45 bits per heavy atom. The first-order valence-electron chi connectivity index (χ1n) is 6.63. The van der Waals surface area contributed by atoms with Gasteiger partial charge < -0.3 is 11.1 Å². The summed E-state index contributed by atoms with van der Waals surface area (Å²) in [6, 6.07) is 7.19. The molecule has 0 spiro atoms. The number of anilines is 1. The van der Waals surface area contributed by atoms with Crippen molar-refractivity contribution in [3.05, 3.63) is 47.3 Å². The summed E-state index contributed by atoms with van der Waals surface area (Å²) in [5.41, 5.74) is 8.90. The van der Waals surface area contributed by atoms with Gasteiger partial charge in [0.25, 0.3) is 0 Å². The highest BCUT2D eigenvalue weighted by Gasteiger charge is 2.11. The Bertz CT molecular complexity index is 616. The number of hydrogen-bond donors (Lipinski definition) is 2. The van der Waals surface area contributed by atoms with Gasteiger partial charge in [-0.3, -0.25) is 9.48 Å². The lowest BCUT2D eigenvalue weighted by Gasteiger charge is -2.09. The molecule has 0 atom stereocenters. The fourth-order valence-corrected chi connectivity index (χ4v) is 2.16. The van der Waals surface area contributed by atoms with Crippen LogP contribution in [0.2, 0.25) is 0 Å². The number of primary amides is 1. The molecule has 0 aliphatic rings. The monoisotopic (exact) mass is 272 g/mol. The summed E-state index contributed by atoms with van der Waals surface area (Å²) in [6.45, 7) is 4.92. The number of nitrogens with zero attached hydrogens (tertiary/aromatic N) is 2. The lowest BCUT2D eigenvalue weighted by Crippen LogP contribution is -2.11. The van der Waals surface area contributed by atoms with Crippen molar-refractivity contribution in [2.45, 2.75) is 26.3 Å². The van der Waals surface area contributed by atoms with Crippen molar-refractivity contribution in [1.82, 2.24) is 9.78 Å². The number of benzene rings is 1. The molecule has 1 heterocycles. The molecule has 0 fully saturated rings. The maximum absolute atomic E-state index is 11.2. The van der Waals surface area contributed by atoms with Crippen LogP contribution in [0.4, 0.5) is 5.69 Å². The first-order chi connectivity index (χ1) is 9.47. The van der Waals surface area contributed by atoms with Gasteiger partial charge in [-0.1, -0.05) is 19.9 Å². The van der Waals surface area contributed by atoms with Crippen LogP contribution < -0.4 is 11.1 Å². The maximum Gasteiger partial charge on any atom is 0.248 e. The number of aryl methyl sites for hydroxylation is 1. The van der Waals surface area contributed by atoms with Crippen LogP contribution in [0.15, 0.2) is 30.5 Å². The molecule has 0 radical (unpaired) electrons. The molecule has 3 N–H and O–H groups in total. The van der Waals surface area contributed by atoms with Gasteiger partial charge in [-0.05, 0) is 24.1 Å². The Morgan fingerprint density at radius 2 is 2.20 bits per heavy atom. The number of carbonyl (C=O) groups excluding carboxylic acids is 1. The number of amides is 1. The minimum Gasteiger partial charge on any atom is -0.381 e. The van der Waals surface area contributed by atoms with E-state index in [1.54, 1.807) is 12.1 Å². The summed E-state index contributed by atoms with van der Waals surface area (Å²) in [5, 5.41) is 7.77. The zero-order chi connectivity index (χ0) is 14.7. The third-order valence-corrected chi connectivity index (χ3v) is 3.11. The molecule has 1 aromatic heterocycles. The highest BCUT2D eigenvalue weighted by atomic mass is 16.1. The number of nitrogens with one attached hydrogen (secondary N) is 1. The van der Waals surface area contributed by atoms with E-state index in [1.165, 1.54) is 0 Å². The minimum absolute atomic E-state index is 0.380. The lowest BCUT2D eigenvalue weighted by atomic mass is 10.1. The van der Waals surface area contributed by atoms with Gasteiger partial charge in [-0.25, -0.2) is 0 Å². The van der Waals surface area contributed by atoms with Crippen molar-refractivity contribution in [2.24, 2.45) is 12.8 Å². The van der Waals surface area contributed by atoms with Gasteiger partial charge in [0.1, 0.15) is 0 Å². The second kappa shape index (κ2) is 5.77. The molecule has 5 nitrogen and oxygen atoms in total. The van der Waals surface area contributed by atoms with Crippen molar-refractivity contribution in [3.63, 3.8) is 0 Å². The third kappa shape index (κ3) is 3.17. The van der Waals surface area contributed by atoms with Crippen molar-refractivity contribution < 1.29 is 4.79 Å². The van der Waals surface area contributed by atoms with E-state index < -0.39 is 5.91 Å². The largest absolute Gasteiger partial charge is 0.381 e. The van der Waals surface area contributed by atoms with Crippen LogP contribution in [0.3, 0.4) is 0 Å². The van der Waals surface area contributed by atoms with E-state index in [0.717, 1.165) is 16.9 Å². The van der Waals surface area contributed by atoms with E-state index in [9.17, 15) is 4.79 Å². The highest BCUT2D eigenvalue weighted by molar-refractivity contribution is 5.93. The molecule has 2 aromatic rings. The van der Waals surface area contributed by atoms with Gasteiger partial charge in [0, 0.05) is 36.6 Å². The average molecular weight is 272 g/mol. The zero-order valence-electron chi connectivity index (χ0n) is 12.1. The molecule has 1 amide bonds. The van der Waals surface area contributed by atoms with Crippen molar-refractivity contribution in [1.29, 1.82) is 0 Å². The Hall–Kier alpha value is -2.30. The first kappa shape index (κ1) is 14.1. The molecule has 0 saturated heterocycles. The maximum atomic E-state index is 11.2. The van der Waals surface area contributed by atoms with E-state index >= 15 is 0 Å². The number of hydrogen-bond acceptors (Lipinski definition) is 3. The van der Waals surface area contributed by atoms with Crippen LogP contribution in [0, 0.1) is 0 Å². The lowest BCUT2D eigenvalue weighted by molar-refractivity contribution is 0.100. The topological polar surface area (TPSA) is 72.9 Å². The predicted molar refractivity (Wildman–Crippen MR) is 79.6 cm³/mol. The van der Waals surface area contributed by atoms with Crippen LogP contribution in [-0.2, 0) is 13.6 Å². The molecule has 0 aliphatic heterocycles. The van der Waals surface area contributed by atoms with Crippen LogP contribution in [0.25, 0.3) is 0 Å². The fourth-order valence-electron chi connectivity index (χ4n) is 2.16. The standard InChI is InChI=1S/C15H20N4O/c1-10(2)14-12(9-19(3)18-14)8-17-13-6-4-5-11(7-13)15(16)20/h4-7,9-10,17H,8H2,1-3H3,(H2,16,20). The molecular weight excluding hydrogens is 252 g/mol. The molecule has 20 heavy (non-hydrogen) atoms. The quantitative estimate of drug-likeness (QED) is 0.876. The summed E-state index contributed by atoms with van der Waals surface area (Å²) in [5.74, 6) is -0.0390. The van der Waals surface area contributed by atoms with Crippen LogP contribution in [0.1, 0.15) is 41.4 Å². The van der Waals surface area contributed by atoms with E-state index in [2.05, 4.69) is 24.3 Å². The number of carbonyl (C=O) groups is 1. The van der Waals surface area contributed by atoms with Crippen LogP contribution in [-0.4, -0.2) is 15.7 Å². The molecule has 1 aromatic carbocycles. The molecule has 0 bridgehead atoms. The third-order valence-electron chi connectivity index (χ3n) is 3.11. The van der Waals surface area contributed by atoms with Gasteiger partial charge in [-0.2, -0.15) is 5.10 Å². The molecular formula is C15H20N4O. The first-order valence-corrected chi connectivity index (χ1v) is 6.63. The number of rotatable bonds is 5. The van der Waals surface area contributed by atoms with E-state index in [1.807, 2.05) is 30.1 Å². The molecule has 2 rings (SSSR count). The Kier molecular flexibility index (Phi) is 4.08. The van der Waals surface area contributed by atoms with Crippen LogP contribution in [0.5, 0.6) is 0 Å². The van der Waals surface area contributed by atoms with Crippen LogP contribution >= 0.6 is 0 Å². The Morgan fingerprint density at radius 3 is 2.85 bits per heavy atom. The summed E-state index contributed by atoms with van der Waals surface area (Å²) in [4.78, 5) is 11.2. The minimum atomic E-state index is -0.419. The Balaban J connectivity index is 2.13. The van der Waals surface area contributed by atoms with Crippen molar-refractivity contribution >= 4 is 11.6 Å². The Labute approximate surface area is 118 Å². The van der Waals surface area contributed by atoms with Crippen molar-refractivity contribution in [3.8, 4) is 0 Å². The highest BCUT2D eigenvalue weighted by Crippen LogP contribution is 2.19. The molecule has 5 heteroatoms. The summed E-state index contributed by atoms with van der Waals surface area (Å²) >= 11 is 0. The summed E-state index contributed by atoms with van der Waals surface area (Å²) < 4.78 is 1.83.